The first-order chi connectivity index (χ1) is 12.1. The van der Waals surface area contributed by atoms with Crippen LogP contribution in [-0.4, -0.2) is 43.8 Å². The number of carbonyl (C=O) groups excluding carboxylic acids is 1. The molecule has 0 bridgehead atoms. The monoisotopic (exact) mass is 343 g/mol. The fraction of sp³-hybridized carbons (Fsp3) is 0.389. The van der Waals surface area contributed by atoms with Crippen molar-refractivity contribution in [2.24, 2.45) is 0 Å². The molecule has 1 aliphatic heterocycles. The maximum Gasteiger partial charge on any atom is 0.409 e. The number of benzene rings is 1. The van der Waals surface area contributed by atoms with E-state index in [2.05, 4.69) is 5.32 Å². The molecule has 1 saturated heterocycles. The summed E-state index contributed by atoms with van der Waals surface area (Å²) < 4.78 is 4.99. The van der Waals surface area contributed by atoms with Gasteiger partial charge in [-0.2, -0.15) is 0 Å². The predicted molar refractivity (Wildman–Crippen MR) is 95.9 cm³/mol. The molecule has 0 spiro atoms. The highest BCUT2D eigenvalue weighted by Gasteiger charge is 2.29. The molecular formula is C18H21N3O4. The van der Waals surface area contributed by atoms with E-state index in [1.54, 1.807) is 11.8 Å². The van der Waals surface area contributed by atoms with Crippen LogP contribution in [0.15, 0.2) is 39.9 Å². The van der Waals surface area contributed by atoms with Crippen molar-refractivity contribution in [2.45, 2.75) is 13.5 Å². The first-order valence-corrected chi connectivity index (χ1v) is 8.39. The van der Waals surface area contributed by atoms with Crippen LogP contribution in [0.25, 0.3) is 0 Å². The molecule has 25 heavy (non-hydrogen) atoms. The van der Waals surface area contributed by atoms with Crippen molar-refractivity contribution < 1.29 is 9.53 Å². The number of hydrogen-bond acceptors (Lipinski definition) is 6. The van der Waals surface area contributed by atoms with Gasteiger partial charge in [-0.1, -0.05) is 30.3 Å². The third-order valence-corrected chi connectivity index (χ3v) is 4.32. The molecule has 7 heteroatoms. The van der Waals surface area contributed by atoms with Crippen LogP contribution in [0.5, 0.6) is 0 Å². The lowest BCUT2D eigenvalue weighted by Crippen LogP contribution is -2.53. The van der Waals surface area contributed by atoms with Crippen LogP contribution < -0.4 is 21.1 Å². The number of nitrogens with zero attached hydrogens (tertiary/aromatic N) is 2. The summed E-state index contributed by atoms with van der Waals surface area (Å²) in [6.07, 6.45) is -0.338. The molecule has 0 aliphatic carbocycles. The molecule has 132 valence electrons. The van der Waals surface area contributed by atoms with Gasteiger partial charge in [0.1, 0.15) is 11.4 Å². The lowest BCUT2D eigenvalue weighted by Gasteiger charge is -2.36. The Morgan fingerprint density at radius 2 is 1.76 bits per heavy atom. The molecule has 3 rings (SSSR count). The van der Waals surface area contributed by atoms with Gasteiger partial charge in [-0.05, 0) is 12.5 Å². The smallest absolute Gasteiger partial charge is 0.409 e. The zero-order chi connectivity index (χ0) is 17.8. The van der Waals surface area contributed by atoms with Gasteiger partial charge in [0.25, 0.3) is 10.9 Å². The Hall–Kier alpha value is -2.83. The van der Waals surface area contributed by atoms with Gasteiger partial charge in [0.2, 0.25) is 0 Å². The molecule has 2 aromatic carbocycles. The molecule has 1 N–H and O–H groups in total. The van der Waals surface area contributed by atoms with Gasteiger partial charge < -0.3 is 19.9 Å². The van der Waals surface area contributed by atoms with Crippen LogP contribution in [0, 0.1) is 0 Å². The molecule has 1 fully saturated rings. The quantitative estimate of drug-likeness (QED) is 0.821. The highest BCUT2D eigenvalue weighted by molar-refractivity contribution is 5.76. The number of ether oxygens (including phenoxy) is 1. The fourth-order valence-electron chi connectivity index (χ4n) is 2.96. The van der Waals surface area contributed by atoms with Crippen molar-refractivity contribution in [1.82, 2.24) is 4.90 Å². The van der Waals surface area contributed by atoms with E-state index < -0.39 is 10.9 Å². The van der Waals surface area contributed by atoms with Crippen molar-refractivity contribution in [3.05, 3.63) is 56.3 Å². The van der Waals surface area contributed by atoms with E-state index in [0.29, 0.717) is 50.7 Å². The Bertz CT molecular complexity index is 803. The van der Waals surface area contributed by atoms with E-state index in [1.807, 2.05) is 35.2 Å². The molecule has 0 saturated carbocycles. The van der Waals surface area contributed by atoms with Crippen molar-refractivity contribution in [1.29, 1.82) is 0 Å². The lowest BCUT2D eigenvalue weighted by atomic mass is 10.1. The highest BCUT2D eigenvalue weighted by Crippen LogP contribution is 2.22. The van der Waals surface area contributed by atoms with Crippen molar-refractivity contribution in [3.8, 4) is 0 Å². The van der Waals surface area contributed by atoms with Crippen LogP contribution in [0.3, 0.4) is 0 Å². The van der Waals surface area contributed by atoms with Crippen LogP contribution in [0.1, 0.15) is 12.5 Å². The summed E-state index contributed by atoms with van der Waals surface area (Å²) in [6, 6.07) is 9.69. The summed E-state index contributed by atoms with van der Waals surface area (Å²) >= 11 is 0. The minimum atomic E-state index is -0.473. The minimum Gasteiger partial charge on any atom is -0.450 e. The minimum absolute atomic E-state index is 0.338. The summed E-state index contributed by atoms with van der Waals surface area (Å²) in [5.74, 6) is 0. The summed E-state index contributed by atoms with van der Waals surface area (Å²) in [5, 5.41) is 3.08. The summed E-state index contributed by atoms with van der Waals surface area (Å²) in [4.78, 5) is 39.1. The van der Waals surface area contributed by atoms with Crippen LogP contribution >= 0.6 is 0 Å². The van der Waals surface area contributed by atoms with Crippen LogP contribution in [0.2, 0.25) is 0 Å². The topological polar surface area (TPSA) is 79.0 Å². The Labute approximate surface area is 145 Å². The molecular weight excluding hydrogens is 322 g/mol. The number of nitrogens with one attached hydrogen (secondary N) is 1. The third-order valence-electron chi connectivity index (χ3n) is 4.32. The van der Waals surface area contributed by atoms with Crippen molar-refractivity contribution in [2.75, 3.05) is 43.0 Å². The van der Waals surface area contributed by atoms with Gasteiger partial charge in [-0.15, -0.1) is 0 Å². The van der Waals surface area contributed by atoms with E-state index in [9.17, 15) is 14.4 Å². The van der Waals surface area contributed by atoms with E-state index in [0.717, 1.165) is 5.56 Å². The molecule has 0 aromatic heterocycles. The summed E-state index contributed by atoms with van der Waals surface area (Å²) in [6.45, 7) is 4.54. The largest absolute Gasteiger partial charge is 0.450 e. The van der Waals surface area contributed by atoms with Gasteiger partial charge in [0, 0.05) is 32.7 Å². The summed E-state index contributed by atoms with van der Waals surface area (Å²) in [5.41, 5.74) is 0.912. The zero-order valence-corrected chi connectivity index (χ0v) is 14.2. The van der Waals surface area contributed by atoms with E-state index in [-0.39, 0.29) is 6.09 Å². The number of hydrogen-bond donors (Lipinski definition) is 1. The Morgan fingerprint density at radius 3 is 2.40 bits per heavy atom. The fourth-order valence-corrected chi connectivity index (χ4v) is 2.96. The maximum absolute atomic E-state index is 12.0. The number of amides is 1. The molecule has 7 nitrogen and oxygen atoms in total. The van der Waals surface area contributed by atoms with Gasteiger partial charge in [-0.25, -0.2) is 4.79 Å². The average molecular weight is 343 g/mol. The van der Waals surface area contributed by atoms with Crippen molar-refractivity contribution in [3.63, 3.8) is 0 Å². The normalized spacial score (nSPS) is 14.6. The standard InChI is InChI=1S/C18H21N3O4/c1-2-25-18(24)21-10-8-20(9-11-21)15-14(16(22)17(15)23)19-12-13-6-4-3-5-7-13/h3-7,19H,2,8-12H2,1H3. The second-order valence-corrected chi connectivity index (χ2v) is 5.89. The molecule has 2 aromatic rings. The van der Waals surface area contributed by atoms with E-state index >= 15 is 0 Å². The molecule has 1 heterocycles. The first kappa shape index (κ1) is 17.0. The molecule has 1 amide bonds. The second-order valence-electron chi connectivity index (χ2n) is 5.89. The van der Waals surface area contributed by atoms with Gasteiger partial charge in [0.05, 0.1) is 6.61 Å². The molecule has 1 aliphatic rings. The van der Waals surface area contributed by atoms with E-state index in [4.69, 9.17) is 4.74 Å². The van der Waals surface area contributed by atoms with Crippen molar-refractivity contribution >= 4 is 17.5 Å². The SMILES string of the molecule is CCOC(=O)N1CCN(c2c(NCc3ccccc3)c(=O)c2=O)CC1. The Morgan fingerprint density at radius 1 is 1.08 bits per heavy atom. The number of anilines is 2. The van der Waals surface area contributed by atoms with Gasteiger partial charge in [-0.3, -0.25) is 9.59 Å². The summed E-state index contributed by atoms with van der Waals surface area (Å²) in [7, 11) is 0. The molecule has 0 unspecified atom stereocenters. The van der Waals surface area contributed by atoms with E-state index in [1.165, 1.54) is 0 Å². The molecule has 0 atom stereocenters. The van der Waals surface area contributed by atoms with Gasteiger partial charge in [0.15, 0.2) is 0 Å². The van der Waals surface area contributed by atoms with Crippen LogP contribution in [-0.2, 0) is 11.3 Å². The molecule has 0 radical (unpaired) electrons. The first-order valence-electron chi connectivity index (χ1n) is 8.39. The van der Waals surface area contributed by atoms with Crippen LogP contribution in [0.4, 0.5) is 16.2 Å². The predicted octanol–water partition coefficient (Wildman–Crippen LogP) is 1.17. The lowest BCUT2D eigenvalue weighted by molar-refractivity contribution is 0.105. The third kappa shape index (κ3) is 3.50. The number of rotatable bonds is 5. The highest BCUT2D eigenvalue weighted by atomic mass is 16.6. The number of piperazine rings is 1. The second kappa shape index (κ2) is 7.38. The zero-order valence-electron chi connectivity index (χ0n) is 14.2. The van der Waals surface area contributed by atoms with Gasteiger partial charge >= 0.3 is 6.09 Å². The average Bonchev–Trinajstić information content (AvgIpc) is 2.65. The Balaban J connectivity index is 1.64. The number of carbonyl (C=O) groups is 1. The Kier molecular flexibility index (Phi) is 5.02. The maximum atomic E-state index is 12.0.